The molecule has 0 spiro atoms. The first-order chi connectivity index (χ1) is 11.3. The molecule has 6 heteroatoms. The van der Waals surface area contributed by atoms with E-state index in [-0.39, 0.29) is 10.8 Å². The average molecular weight is 346 g/mol. The van der Waals surface area contributed by atoms with Gasteiger partial charge in [0, 0.05) is 18.7 Å². The first kappa shape index (κ1) is 18.2. The third kappa shape index (κ3) is 4.43. The van der Waals surface area contributed by atoms with Crippen molar-refractivity contribution in [2.24, 2.45) is 0 Å². The van der Waals surface area contributed by atoms with Gasteiger partial charge in [0.1, 0.15) is 0 Å². The van der Waals surface area contributed by atoms with Gasteiger partial charge < -0.3 is 5.32 Å². The number of hydrogen-bond acceptors (Lipinski definition) is 3. The van der Waals surface area contributed by atoms with Gasteiger partial charge in [-0.05, 0) is 37.1 Å². The van der Waals surface area contributed by atoms with Crippen molar-refractivity contribution in [2.45, 2.75) is 32.2 Å². The van der Waals surface area contributed by atoms with E-state index in [9.17, 15) is 13.2 Å². The van der Waals surface area contributed by atoms with Gasteiger partial charge >= 0.3 is 0 Å². The molecule has 1 amide bonds. The molecule has 2 rings (SSSR count). The average Bonchev–Trinajstić information content (AvgIpc) is 2.54. The number of benzene rings is 2. The molecule has 2 aromatic rings. The Balaban J connectivity index is 2.18. The molecule has 0 saturated heterocycles. The van der Waals surface area contributed by atoms with Crippen LogP contribution in [0.25, 0.3) is 0 Å². The maximum Gasteiger partial charge on any atom is 0.251 e. The number of rotatable bonds is 6. The molecule has 0 radical (unpaired) electrons. The van der Waals surface area contributed by atoms with Crippen molar-refractivity contribution < 1.29 is 13.2 Å². The van der Waals surface area contributed by atoms with Crippen LogP contribution in [0.3, 0.4) is 0 Å². The van der Waals surface area contributed by atoms with Gasteiger partial charge in [0.05, 0.1) is 4.90 Å². The van der Waals surface area contributed by atoms with Gasteiger partial charge in [-0.2, -0.15) is 0 Å². The van der Waals surface area contributed by atoms with Crippen LogP contribution in [0, 0.1) is 13.8 Å². The van der Waals surface area contributed by atoms with E-state index in [1.165, 1.54) is 12.1 Å². The Morgan fingerprint density at radius 1 is 1.04 bits per heavy atom. The molecule has 0 bridgehead atoms. The topological polar surface area (TPSA) is 75.3 Å². The molecule has 0 aliphatic heterocycles. The van der Waals surface area contributed by atoms with Crippen LogP contribution in [0.4, 0.5) is 0 Å². The SMILES string of the molecule is CCNS(=O)(=O)c1ccc(C)c(C(=O)NCc2ccc(C)cc2)c1. The zero-order valence-corrected chi connectivity index (χ0v) is 14.9. The molecular weight excluding hydrogens is 324 g/mol. The standard InChI is InChI=1S/C18H22N2O3S/c1-4-20-24(22,23)16-10-7-14(3)17(11-16)18(21)19-12-15-8-5-13(2)6-9-15/h5-11,20H,4,12H2,1-3H3,(H,19,21). The van der Waals surface area contributed by atoms with Gasteiger partial charge in [0.2, 0.25) is 10.0 Å². The van der Waals surface area contributed by atoms with Crippen LogP contribution >= 0.6 is 0 Å². The van der Waals surface area contributed by atoms with Crippen LogP contribution in [0.15, 0.2) is 47.4 Å². The zero-order valence-electron chi connectivity index (χ0n) is 14.1. The van der Waals surface area contributed by atoms with Crippen molar-refractivity contribution >= 4 is 15.9 Å². The smallest absolute Gasteiger partial charge is 0.251 e. The normalized spacial score (nSPS) is 11.3. The monoisotopic (exact) mass is 346 g/mol. The minimum atomic E-state index is -3.58. The van der Waals surface area contributed by atoms with Crippen molar-refractivity contribution in [1.82, 2.24) is 10.0 Å². The van der Waals surface area contributed by atoms with E-state index < -0.39 is 10.0 Å². The summed E-state index contributed by atoms with van der Waals surface area (Å²) >= 11 is 0. The van der Waals surface area contributed by atoms with E-state index in [2.05, 4.69) is 10.0 Å². The second-order valence-corrected chi connectivity index (χ2v) is 7.41. The Bertz CT molecular complexity index is 828. The van der Waals surface area contributed by atoms with Crippen molar-refractivity contribution in [3.05, 3.63) is 64.7 Å². The predicted octanol–water partition coefficient (Wildman–Crippen LogP) is 2.53. The Morgan fingerprint density at radius 2 is 1.71 bits per heavy atom. The molecule has 0 aliphatic carbocycles. The fourth-order valence-corrected chi connectivity index (χ4v) is 3.34. The van der Waals surface area contributed by atoms with Gasteiger partial charge in [0.25, 0.3) is 5.91 Å². The Kier molecular flexibility index (Phi) is 5.75. The summed E-state index contributed by atoms with van der Waals surface area (Å²) in [6.07, 6.45) is 0. The highest BCUT2D eigenvalue weighted by Gasteiger charge is 2.17. The summed E-state index contributed by atoms with van der Waals surface area (Å²) in [7, 11) is -3.58. The Labute approximate surface area is 143 Å². The number of aryl methyl sites for hydroxylation is 2. The van der Waals surface area contributed by atoms with Crippen LogP contribution in [0.5, 0.6) is 0 Å². The summed E-state index contributed by atoms with van der Waals surface area (Å²) in [4.78, 5) is 12.5. The van der Waals surface area contributed by atoms with E-state index in [0.29, 0.717) is 18.7 Å². The van der Waals surface area contributed by atoms with Crippen LogP contribution in [0.2, 0.25) is 0 Å². The first-order valence-electron chi connectivity index (χ1n) is 7.77. The summed E-state index contributed by atoms with van der Waals surface area (Å²) in [5.41, 5.74) is 3.23. The second-order valence-electron chi connectivity index (χ2n) is 5.65. The van der Waals surface area contributed by atoms with Gasteiger partial charge in [-0.3, -0.25) is 4.79 Å². The highest BCUT2D eigenvalue weighted by molar-refractivity contribution is 7.89. The maximum absolute atomic E-state index is 12.4. The molecule has 5 nitrogen and oxygen atoms in total. The van der Waals surface area contributed by atoms with Crippen LogP contribution in [-0.4, -0.2) is 20.9 Å². The molecule has 0 atom stereocenters. The first-order valence-corrected chi connectivity index (χ1v) is 9.26. The number of hydrogen-bond donors (Lipinski definition) is 2. The molecule has 128 valence electrons. The second kappa shape index (κ2) is 7.59. The Hall–Kier alpha value is -2.18. The fourth-order valence-electron chi connectivity index (χ4n) is 2.27. The predicted molar refractivity (Wildman–Crippen MR) is 94.4 cm³/mol. The summed E-state index contributed by atoms with van der Waals surface area (Å²) in [6.45, 7) is 6.18. The lowest BCUT2D eigenvalue weighted by Crippen LogP contribution is -2.26. The van der Waals surface area contributed by atoms with Crippen LogP contribution < -0.4 is 10.0 Å². The van der Waals surface area contributed by atoms with Gasteiger partial charge in [-0.15, -0.1) is 0 Å². The largest absolute Gasteiger partial charge is 0.348 e. The van der Waals surface area contributed by atoms with Gasteiger partial charge in [-0.1, -0.05) is 42.8 Å². The number of carbonyl (C=O) groups excluding carboxylic acids is 1. The lowest BCUT2D eigenvalue weighted by atomic mass is 10.1. The Morgan fingerprint density at radius 3 is 2.33 bits per heavy atom. The molecule has 0 heterocycles. The number of carbonyl (C=O) groups is 1. The van der Waals surface area contributed by atoms with Gasteiger partial charge in [-0.25, -0.2) is 13.1 Å². The molecule has 0 aromatic heterocycles. The van der Waals surface area contributed by atoms with E-state index in [1.807, 2.05) is 31.2 Å². The highest BCUT2D eigenvalue weighted by atomic mass is 32.2. The molecule has 2 N–H and O–H groups in total. The lowest BCUT2D eigenvalue weighted by molar-refractivity contribution is 0.0950. The van der Waals surface area contributed by atoms with Crippen molar-refractivity contribution in [1.29, 1.82) is 0 Å². The third-order valence-electron chi connectivity index (χ3n) is 3.67. The quantitative estimate of drug-likeness (QED) is 0.844. The van der Waals surface area contributed by atoms with Gasteiger partial charge in [0.15, 0.2) is 0 Å². The zero-order chi connectivity index (χ0) is 17.7. The number of nitrogens with one attached hydrogen (secondary N) is 2. The molecule has 0 unspecified atom stereocenters. The van der Waals surface area contributed by atoms with Crippen molar-refractivity contribution in [3.8, 4) is 0 Å². The van der Waals surface area contributed by atoms with E-state index >= 15 is 0 Å². The molecule has 0 fully saturated rings. The van der Waals surface area contributed by atoms with Crippen molar-refractivity contribution in [2.75, 3.05) is 6.54 Å². The minimum absolute atomic E-state index is 0.0930. The summed E-state index contributed by atoms with van der Waals surface area (Å²) in [6, 6.07) is 12.4. The van der Waals surface area contributed by atoms with Crippen LogP contribution in [-0.2, 0) is 16.6 Å². The minimum Gasteiger partial charge on any atom is -0.348 e. The molecule has 0 saturated carbocycles. The summed E-state index contributed by atoms with van der Waals surface area (Å²) in [5, 5.41) is 2.83. The molecule has 24 heavy (non-hydrogen) atoms. The van der Waals surface area contributed by atoms with E-state index in [1.54, 1.807) is 19.9 Å². The summed E-state index contributed by atoms with van der Waals surface area (Å²) < 4.78 is 26.6. The molecule has 2 aromatic carbocycles. The third-order valence-corrected chi connectivity index (χ3v) is 5.22. The number of amides is 1. The molecular formula is C18H22N2O3S. The van der Waals surface area contributed by atoms with E-state index in [4.69, 9.17) is 0 Å². The highest BCUT2D eigenvalue weighted by Crippen LogP contribution is 2.16. The van der Waals surface area contributed by atoms with Crippen LogP contribution in [0.1, 0.15) is 34.0 Å². The van der Waals surface area contributed by atoms with Crippen molar-refractivity contribution in [3.63, 3.8) is 0 Å². The maximum atomic E-state index is 12.4. The lowest BCUT2D eigenvalue weighted by Gasteiger charge is -2.11. The summed E-state index contributed by atoms with van der Waals surface area (Å²) in [5.74, 6) is -0.290. The number of sulfonamides is 1. The van der Waals surface area contributed by atoms with E-state index in [0.717, 1.165) is 16.7 Å². The molecule has 0 aliphatic rings. The fraction of sp³-hybridized carbons (Fsp3) is 0.278.